The number of benzene rings is 2. The van der Waals surface area contributed by atoms with Crippen LogP contribution in [-0.4, -0.2) is 18.9 Å². The van der Waals surface area contributed by atoms with E-state index in [1.807, 2.05) is 0 Å². The van der Waals surface area contributed by atoms with Gasteiger partial charge in [0, 0.05) is 5.56 Å². The van der Waals surface area contributed by atoms with Crippen LogP contribution in [0.5, 0.6) is 11.5 Å². The summed E-state index contributed by atoms with van der Waals surface area (Å²) in [7, 11) is 0. The van der Waals surface area contributed by atoms with Crippen LogP contribution < -0.4 is 14.9 Å². The Kier molecular flexibility index (Phi) is 4.11. The number of ether oxygens (including phenoxy) is 2. The quantitative estimate of drug-likeness (QED) is 0.692. The van der Waals surface area contributed by atoms with Crippen molar-refractivity contribution in [3.05, 3.63) is 59.2 Å². The topological polar surface area (TPSA) is 59.9 Å². The number of hydrazone groups is 1. The molecule has 8 heteroatoms. The van der Waals surface area contributed by atoms with Crippen molar-refractivity contribution >= 4 is 12.1 Å². The van der Waals surface area contributed by atoms with E-state index in [2.05, 4.69) is 10.5 Å². The van der Waals surface area contributed by atoms with Crippen LogP contribution in [-0.2, 0) is 6.18 Å². The summed E-state index contributed by atoms with van der Waals surface area (Å²) in [5.74, 6) is 0.432. The average Bonchev–Trinajstić information content (AvgIpc) is 3.02. The molecule has 0 bridgehead atoms. The minimum absolute atomic E-state index is 0.132. The maximum absolute atomic E-state index is 12.6. The van der Waals surface area contributed by atoms with E-state index in [1.54, 1.807) is 18.2 Å². The van der Waals surface area contributed by atoms with E-state index in [1.165, 1.54) is 18.3 Å². The molecule has 0 saturated carbocycles. The first-order valence-electron chi connectivity index (χ1n) is 6.84. The summed E-state index contributed by atoms with van der Waals surface area (Å²) < 4.78 is 48.3. The number of alkyl halides is 3. The normalized spacial score (nSPS) is 13.3. The number of amides is 1. The minimum Gasteiger partial charge on any atom is -0.454 e. The lowest BCUT2D eigenvalue weighted by molar-refractivity contribution is -0.137. The van der Waals surface area contributed by atoms with E-state index in [0.29, 0.717) is 17.1 Å². The lowest BCUT2D eigenvalue weighted by atomic mass is 10.1. The van der Waals surface area contributed by atoms with E-state index >= 15 is 0 Å². The highest BCUT2D eigenvalue weighted by Crippen LogP contribution is 2.32. The molecule has 2 aromatic rings. The number of nitrogens with one attached hydrogen (secondary N) is 1. The molecule has 0 radical (unpaired) electrons. The molecule has 124 valence electrons. The lowest BCUT2D eigenvalue weighted by Gasteiger charge is -2.07. The molecule has 1 N–H and O–H groups in total. The third-order valence-corrected chi connectivity index (χ3v) is 3.23. The number of rotatable bonds is 3. The standard InChI is InChI=1S/C16H11F3N2O3/c17-16(18,19)12-3-1-2-11(7-12)15(22)21-20-8-10-4-5-13-14(6-10)24-9-23-13/h1-8H,9H2,(H,21,22)/b20-8-. The highest BCUT2D eigenvalue weighted by Gasteiger charge is 2.30. The summed E-state index contributed by atoms with van der Waals surface area (Å²) in [6, 6.07) is 9.17. The highest BCUT2D eigenvalue weighted by molar-refractivity contribution is 5.95. The molecule has 1 aliphatic heterocycles. The molecule has 1 heterocycles. The first-order valence-corrected chi connectivity index (χ1v) is 6.84. The Bertz CT molecular complexity index is 803. The van der Waals surface area contributed by atoms with Gasteiger partial charge in [-0.1, -0.05) is 6.07 Å². The van der Waals surface area contributed by atoms with Crippen LogP contribution >= 0.6 is 0 Å². The Morgan fingerprint density at radius 3 is 2.71 bits per heavy atom. The Labute approximate surface area is 134 Å². The third kappa shape index (κ3) is 3.48. The van der Waals surface area contributed by atoms with Gasteiger partial charge in [0.2, 0.25) is 6.79 Å². The number of nitrogens with zero attached hydrogens (tertiary/aromatic N) is 1. The fourth-order valence-electron chi connectivity index (χ4n) is 2.06. The first-order chi connectivity index (χ1) is 11.4. The van der Waals surface area contributed by atoms with Gasteiger partial charge in [-0.15, -0.1) is 0 Å². The summed E-state index contributed by atoms with van der Waals surface area (Å²) in [6.07, 6.45) is -3.15. The molecule has 2 aromatic carbocycles. The maximum Gasteiger partial charge on any atom is 0.416 e. The Morgan fingerprint density at radius 2 is 1.92 bits per heavy atom. The largest absolute Gasteiger partial charge is 0.454 e. The number of halogens is 3. The van der Waals surface area contributed by atoms with Gasteiger partial charge in [0.15, 0.2) is 11.5 Å². The summed E-state index contributed by atoms with van der Waals surface area (Å²) in [5, 5.41) is 3.73. The van der Waals surface area contributed by atoms with Crippen molar-refractivity contribution in [3.8, 4) is 11.5 Å². The fourth-order valence-corrected chi connectivity index (χ4v) is 2.06. The van der Waals surface area contributed by atoms with Gasteiger partial charge < -0.3 is 9.47 Å². The molecular weight excluding hydrogens is 325 g/mol. The van der Waals surface area contributed by atoms with Crippen LogP contribution in [0, 0.1) is 0 Å². The van der Waals surface area contributed by atoms with Crippen LogP contribution in [0.25, 0.3) is 0 Å². The lowest BCUT2D eigenvalue weighted by Crippen LogP contribution is -2.18. The van der Waals surface area contributed by atoms with Crippen LogP contribution in [0.15, 0.2) is 47.6 Å². The predicted molar refractivity (Wildman–Crippen MR) is 79.1 cm³/mol. The molecule has 24 heavy (non-hydrogen) atoms. The predicted octanol–water partition coefficient (Wildman–Crippen LogP) is 3.20. The fraction of sp³-hybridized carbons (Fsp3) is 0.125. The summed E-state index contributed by atoms with van der Waals surface area (Å²) in [5.41, 5.74) is 1.80. The molecule has 3 rings (SSSR count). The van der Waals surface area contributed by atoms with Crippen molar-refractivity contribution < 1.29 is 27.4 Å². The highest BCUT2D eigenvalue weighted by atomic mass is 19.4. The van der Waals surface area contributed by atoms with E-state index in [-0.39, 0.29) is 12.4 Å². The molecule has 0 atom stereocenters. The summed E-state index contributed by atoms with van der Waals surface area (Å²) in [6.45, 7) is 0.141. The Balaban J connectivity index is 1.67. The van der Waals surface area contributed by atoms with E-state index in [4.69, 9.17) is 9.47 Å². The summed E-state index contributed by atoms with van der Waals surface area (Å²) in [4.78, 5) is 11.9. The van der Waals surface area contributed by atoms with Gasteiger partial charge in [-0.2, -0.15) is 18.3 Å². The van der Waals surface area contributed by atoms with Gasteiger partial charge in [0.1, 0.15) is 0 Å². The van der Waals surface area contributed by atoms with Crippen LogP contribution in [0.3, 0.4) is 0 Å². The van der Waals surface area contributed by atoms with Gasteiger partial charge in [-0.3, -0.25) is 4.79 Å². The number of hydrogen-bond acceptors (Lipinski definition) is 4. The zero-order chi connectivity index (χ0) is 17.2. The second-order valence-electron chi connectivity index (χ2n) is 4.89. The van der Waals surface area contributed by atoms with Crippen LogP contribution in [0.2, 0.25) is 0 Å². The van der Waals surface area contributed by atoms with E-state index in [0.717, 1.165) is 12.1 Å². The number of carbonyl (C=O) groups excluding carboxylic acids is 1. The molecule has 5 nitrogen and oxygen atoms in total. The molecule has 0 unspecified atom stereocenters. The second kappa shape index (κ2) is 6.23. The number of hydrogen-bond donors (Lipinski definition) is 1. The first kappa shape index (κ1) is 15.9. The molecule has 0 aromatic heterocycles. The van der Waals surface area contributed by atoms with Crippen molar-refractivity contribution in [3.63, 3.8) is 0 Å². The van der Waals surface area contributed by atoms with Crippen molar-refractivity contribution in [2.24, 2.45) is 5.10 Å². The maximum atomic E-state index is 12.6. The zero-order valence-electron chi connectivity index (χ0n) is 12.1. The third-order valence-electron chi connectivity index (χ3n) is 3.23. The molecule has 0 spiro atoms. The van der Waals surface area contributed by atoms with Crippen LogP contribution in [0.4, 0.5) is 13.2 Å². The SMILES string of the molecule is O=C(N/N=C\c1ccc2c(c1)OCO2)c1cccc(C(F)(F)F)c1. The molecule has 1 aliphatic rings. The van der Waals surface area contributed by atoms with Crippen molar-refractivity contribution in [2.45, 2.75) is 6.18 Å². The summed E-state index contributed by atoms with van der Waals surface area (Å²) >= 11 is 0. The number of carbonyl (C=O) groups is 1. The molecule has 0 fully saturated rings. The van der Waals surface area contributed by atoms with Gasteiger partial charge in [-0.05, 0) is 42.0 Å². The van der Waals surface area contributed by atoms with Crippen molar-refractivity contribution in [1.29, 1.82) is 0 Å². The van der Waals surface area contributed by atoms with Crippen LogP contribution in [0.1, 0.15) is 21.5 Å². The number of fused-ring (bicyclic) bond motifs is 1. The van der Waals surface area contributed by atoms with Gasteiger partial charge >= 0.3 is 6.18 Å². The Hall–Kier alpha value is -3.03. The molecule has 0 aliphatic carbocycles. The van der Waals surface area contributed by atoms with Crippen molar-refractivity contribution in [2.75, 3.05) is 6.79 Å². The Morgan fingerprint density at radius 1 is 1.12 bits per heavy atom. The average molecular weight is 336 g/mol. The monoisotopic (exact) mass is 336 g/mol. The van der Waals surface area contributed by atoms with Gasteiger partial charge in [0.25, 0.3) is 5.91 Å². The van der Waals surface area contributed by atoms with Gasteiger partial charge in [-0.25, -0.2) is 5.43 Å². The molecule has 0 saturated heterocycles. The van der Waals surface area contributed by atoms with Crippen molar-refractivity contribution in [1.82, 2.24) is 5.43 Å². The second-order valence-corrected chi connectivity index (χ2v) is 4.89. The minimum atomic E-state index is -4.51. The molecular formula is C16H11F3N2O3. The smallest absolute Gasteiger partial charge is 0.416 e. The van der Waals surface area contributed by atoms with E-state index < -0.39 is 17.6 Å². The zero-order valence-corrected chi connectivity index (χ0v) is 12.1. The van der Waals surface area contributed by atoms with Gasteiger partial charge in [0.05, 0.1) is 11.8 Å². The molecule has 1 amide bonds. The van der Waals surface area contributed by atoms with E-state index in [9.17, 15) is 18.0 Å².